The van der Waals surface area contributed by atoms with Crippen LogP contribution in [0.2, 0.25) is 0 Å². The Hall–Kier alpha value is -1.12. The largest absolute Gasteiger partial charge is 0.309 e. The van der Waals surface area contributed by atoms with Crippen LogP contribution in [0.1, 0.15) is 39.4 Å². The fourth-order valence-electron chi connectivity index (χ4n) is 2.66. The van der Waals surface area contributed by atoms with Crippen molar-refractivity contribution in [2.45, 2.75) is 33.7 Å². The third kappa shape index (κ3) is 2.97. The summed E-state index contributed by atoms with van der Waals surface area (Å²) < 4.78 is 1.15. The van der Waals surface area contributed by atoms with E-state index in [0.717, 1.165) is 4.47 Å². The van der Waals surface area contributed by atoms with Crippen molar-refractivity contribution in [1.29, 1.82) is 0 Å². The number of halogens is 1. The highest BCUT2D eigenvalue weighted by Gasteiger charge is 2.17. The first-order chi connectivity index (χ1) is 9.43. The zero-order valence-corrected chi connectivity index (χ0v) is 14.4. The molecule has 1 unspecified atom stereocenters. The van der Waals surface area contributed by atoms with Gasteiger partial charge in [0, 0.05) is 4.47 Å². The van der Waals surface area contributed by atoms with Crippen molar-refractivity contribution in [2.24, 2.45) is 0 Å². The van der Waals surface area contributed by atoms with Crippen LogP contribution in [-0.2, 0) is 0 Å². The average molecular weight is 332 g/mol. The molecule has 0 aliphatic rings. The Morgan fingerprint density at radius 1 is 0.850 bits per heavy atom. The predicted molar refractivity (Wildman–Crippen MR) is 90.4 cm³/mol. The molecule has 0 aliphatic carbocycles. The molecular weight excluding hydrogens is 310 g/mol. The number of aryl methyl sites for hydroxylation is 4. The van der Waals surface area contributed by atoms with Gasteiger partial charge in [-0.3, -0.25) is 0 Å². The summed E-state index contributed by atoms with van der Waals surface area (Å²) >= 11 is 3.69. The van der Waals surface area contributed by atoms with Gasteiger partial charge in [-0.25, -0.2) is 0 Å². The first-order valence-corrected chi connectivity index (χ1v) is 7.74. The molecule has 20 heavy (non-hydrogen) atoms. The molecule has 2 heteroatoms. The van der Waals surface area contributed by atoms with E-state index in [2.05, 4.69) is 79.3 Å². The number of hydrogen-bond donors (Lipinski definition) is 1. The second-order valence-electron chi connectivity index (χ2n) is 5.54. The van der Waals surface area contributed by atoms with Gasteiger partial charge in [0.25, 0.3) is 0 Å². The Morgan fingerprint density at radius 3 is 2.15 bits per heavy atom. The maximum Gasteiger partial charge on any atom is 0.0588 e. The van der Waals surface area contributed by atoms with Crippen LogP contribution in [0.3, 0.4) is 0 Å². The molecule has 0 fully saturated rings. The molecule has 1 N–H and O–H groups in total. The third-order valence-corrected chi connectivity index (χ3v) is 4.67. The summed E-state index contributed by atoms with van der Waals surface area (Å²) in [5.41, 5.74) is 7.95. The van der Waals surface area contributed by atoms with Crippen LogP contribution in [0.25, 0.3) is 0 Å². The van der Waals surface area contributed by atoms with Gasteiger partial charge in [-0.15, -0.1) is 0 Å². The van der Waals surface area contributed by atoms with Crippen LogP contribution in [0.5, 0.6) is 0 Å². The van der Waals surface area contributed by atoms with Crippen molar-refractivity contribution in [1.82, 2.24) is 5.32 Å². The Bertz CT molecular complexity index is 632. The second kappa shape index (κ2) is 6.11. The summed E-state index contributed by atoms with van der Waals surface area (Å²) in [6.45, 7) is 8.67. The van der Waals surface area contributed by atoms with Crippen LogP contribution >= 0.6 is 15.9 Å². The molecule has 0 amide bonds. The standard InChI is InChI=1S/C18H22BrN/c1-11-6-7-17(19)16(8-11)18(20-5)15-10-13(3)12(2)9-14(15)4/h6-10,18,20H,1-5H3. The van der Waals surface area contributed by atoms with Gasteiger partial charge in [0.2, 0.25) is 0 Å². The van der Waals surface area contributed by atoms with Crippen molar-refractivity contribution >= 4 is 15.9 Å². The molecule has 0 saturated heterocycles. The predicted octanol–water partition coefficient (Wildman–Crippen LogP) is 4.99. The van der Waals surface area contributed by atoms with Crippen LogP contribution in [0.15, 0.2) is 34.8 Å². The minimum absolute atomic E-state index is 0.212. The lowest BCUT2D eigenvalue weighted by Gasteiger charge is -2.22. The zero-order chi connectivity index (χ0) is 14.9. The first-order valence-electron chi connectivity index (χ1n) is 6.95. The van der Waals surface area contributed by atoms with Gasteiger partial charge < -0.3 is 5.32 Å². The summed E-state index contributed by atoms with van der Waals surface area (Å²) in [7, 11) is 2.02. The van der Waals surface area contributed by atoms with Gasteiger partial charge in [0.1, 0.15) is 0 Å². The molecule has 0 aromatic heterocycles. The molecule has 1 nitrogen and oxygen atoms in total. The second-order valence-corrected chi connectivity index (χ2v) is 6.39. The van der Waals surface area contributed by atoms with Crippen molar-refractivity contribution in [3.8, 4) is 0 Å². The maximum atomic E-state index is 3.69. The normalized spacial score (nSPS) is 12.5. The van der Waals surface area contributed by atoms with Gasteiger partial charge in [0.15, 0.2) is 0 Å². The number of hydrogen-bond acceptors (Lipinski definition) is 1. The van der Waals surface area contributed by atoms with E-state index in [4.69, 9.17) is 0 Å². The highest BCUT2D eigenvalue weighted by Crippen LogP contribution is 2.32. The summed E-state index contributed by atoms with van der Waals surface area (Å²) in [6.07, 6.45) is 0. The van der Waals surface area contributed by atoms with Gasteiger partial charge in [-0.2, -0.15) is 0 Å². The summed E-state index contributed by atoms with van der Waals surface area (Å²) in [4.78, 5) is 0. The van der Waals surface area contributed by atoms with E-state index in [9.17, 15) is 0 Å². The van der Waals surface area contributed by atoms with Crippen molar-refractivity contribution in [3.05, 3.63) is 68.2 Å². The third-order valence-electron chi connectivity index (χ3n) is 3.94. The molecule has 0 bridgehead atoms. The van der Waals surface area contributed by atoms with E-state index in [0.29, 0.717) is 0 Å². The number of benzene rings is 2. The van der Waals surface area contributed by atoms with Crippen LogP contribution < -0.4 is 5.32 Å². The van der Waals surface area contributed by atoms with Crippen molar-refractivity contribution in [2.75, 3.05) is 7.05 Å². The molecule has 2 rings (SSSR count). The van der Waals surface area contributed by atoms with Gasteiger partial charge in [0.05, 0.1) is 6.04 Å². The van der Waals surface area contributed by atoms with Crippen LogP contribution in [-0.4, -0.2) is 7.05 Å². The Kier molecular flexibility index (Phi) is 4.66. The molecule has 0 aliphatic heterocycles. The lowest BCUT2D eigenvalue weighted by molar-refractivity contribution is 0.683. The summed E-state index contributed by atoms with van der Waals surface area (Å²) in [5, 5.41) is 3.46. The quantitative estimate of drug-likeness (QED) is 0.835. The van der Waals surface area contributed by atoms with E-state index < -0.39 is 0 Å². The highest BCUT2D eigenvalue weighted by atomic mass is 79.9. The SMILES string of the molecule is CNC(c1cc(C)c(C)cc1C)c1cc(C)ccc1Br. The molecule has 1 atom stereocenters. The zero-order valence-electron chi connectivity index (χ0n) is 12.8. The topological polar surface area (TPSA) is 12.0 Å². The molecule has 0 heterocycles. The van der Waals surface area contributed by atoms with E-state index >= 15 is 0 Å². The van der Waals surface area contributed by atoms with E-state index in [1.54, 1.807) is 0 Å². The van der Waals surface area contributed by atoms with E-state index in [-0.39, 0.29) is 6.04 Å². The number of rotatable bonds is 3. The molecule has 0 radical (unpaired) electrons. The van der Waals surface area contributed by atoms with E-state index in [1.807, 2.05) is 7.05 Å². The lowest BCUT2D eigenvalue weighted by atomic mass is 9.91. The van der Waals surface area contributed by atoms with E-state index in [1.165, 1.54) is 33.4 Å². The van der Waals surface area contributed by atoms with Crippen LogP contribution in [0.4, 0.5) is 0 Å². The Balaban J connectivity index is 2.58. The molecular formula is C18H22BrN. The minimum Gasteiger partial charge on any atom is -0.309 e. The minimum atomic E-state index is 0.212. The lowest BCUT2D eigenvalue weighted by Crippen LogP contribution is -2.19. The molecule has 2 aromatic rings. The van der Waals surface area contributed by atoms with Gasteiger partial charge in [-0.1, -0.05) is 45.8 Å². The Morgan fingerprint density at radius 2 is 1.50 bits per heavy atom. The number of nitrogens with one attached hydrogen (secondary N) is 1. The first kappa shape index (κ1) is 15.3. The monoisotopic (exact) mass is 331 g/mol. The van der Waals surface area contributed by atoms with Crippen LogP contribution in [0, 0.1) is 27.7 Å². The summed E-state index contributed by atoms with van der Waals surface area (Å²) in [5.74, 6) is 0. The van der Waals surface area contributed by atoms with Gasteiger partial charge >= 0.3 is 0 Å². The smallest absolute Gasteiger partial charge is 0.0588 e. The summed E-state index contributed by atoms with van der Waals surface area (Å²) in [6, 6.07) is 11.3. The Labute approximate surface area is 130 Å². The van der Waals surface area contributed by atoms with Gasteiger partial charge in [-0.05, 0) is 68.6 Å². The highest BCUT2D eigenvalue weighted by molar-refractivity contribution is 9.10. The molecule has 2 aromatic carbocycles. The fraction of sp³-hybridized carbons (Fsp3) is 0.333. The average Bonchev–Trinajstić information content (AvgIpc) is 2.40. The van der Waals surface area contributed by atoms with Crippen molar-refractivity contribution < 1.29 is 0 Å². The fourth-order valence-corrected chi connectivity index (χ4v) is 3.13. The molecule has 0 spiro atoms. The molecule has 0 saturated carbocycles. The maximum absolute atomic E-state index is 3.69. The molecule has 106 valence electrons. The van der Waals surface area contributed by atoms with Crippen molar-refractivity contribution in [3.63, 3.8) is 0 Å².